The van der Waals surface area contributed by atoms with Gasteiger partial charge in [-0.15, -0.1) is 0 Å². The molecule has 138 valence electrons. The second kappa shape index (κ2) is 7.78. The maximum atomic E-state index is 12.9. The van der Waals surface area contributed by atoms with Crippen LogP contribution in [0.25, 0.3) is 16.5 Å². The average molecular weight is 435 g/mol. The van der Waals surface area contributed by atoms with Gasteiger partial charge in [0.05, 0.1) is 11.1 Å². The summed E-state index contributed by atoms with van der Waals surface area (Å²) in [4.78, 5) is 25.6. The lowest BCUT2D eigenvalue weighted by molar-refractivity contribution is 0.0466. The normalized spacial score (nSPS) is 10.8. The first kappa shape index (κ1) is 18.1. The molecule has 0 spiro atoms. The Labute approximate surface area is 169 Å². The molecule has 6 heteroatoms. The van der Waals surface area contributed by atoms with E-state index in [0.29, 0.717) is 16.5 Å². The Morgan fingerprint density at radius 2 is 1.54 bits per heavy atom. The van der Waals surface area contributed by atoms with Gasteiger partial charge in [0, 0.05) is 9.86 Å². The molecule has 0 saturated heterocycles. The van der Waals surface area contributed by atoms with Crippen molar-refractivity contribution in [2.75, 3.05) is 0 Å². The first-order valence-electron chi connectivity index (χ1n) is 8.62. The molecular formula is C22H15BrN2O3. The summed E-state index contributed by atoms with van der Waals surface area (Å²) < 4.78 is 7.64. The Bertz CT molecular complexity index is 1200. The van der Waals surface area contributed by atoms with Crippen LogP contribution in [0, 0.1) is 0 Å². The number of carbonyl (C=O) groups is 1. The molecule has 0 unspecified atom stereocenters. The van der Waals surface area contributed by atoms with Crippen LogP contribution in [-0.4, -0.2) is 15.7 Å². The minimum absolute atomic E-state index is 0.108. The Hall–Kier alpha value is -3.25. The molecule has 0 aliphatic carbocycles. The molecule has 1 aromatic heterocycles. The maximum absolute atomic E-state index is 12.9. The fourth-order valence-corrected chi connectivity index (χ4v) is 3.15. The molecule has 4 aromatic rings. The standard InChI is InChI=1S/C22H15BrN2O3/c23-16-12-10-15(11-13-16)14-28-22(27)20-18-8-4-5-9-19(18)21(26)25(24-20)17-6-2-1-3-7-17/h1-13H,14H2. The number of rotatable bonds is 4. The first-order chi connectivity index (χ1) is 13.6. The summed E-state index contributed by atoms with van der Waals surface area (Å²) in [6.45, 7) is 0.118. The van der Waals surface area contributed by atoms with Gasteiger partial charge in [-0.1, -0.05) is 64.5 Å². The van der Waals surface area contributed by atoms with Crippen LogP contribution in [0.5, 0.6) is 0 Å². The Morgan fingerprint density at radius 1 is 0.893 bits per heavy atom. The predicted octanol–water partition coefficient (Wildman–Crippen LogP) is 4.51. The predicted molar refractivity (Wildman–Crippen MR) is 111 cm³/mol. The van der Waals surface area contributed by atoms with Crippen molar-refractivity contribution in [3.05, 3.63) is 105 Å². The third kappa shape index (κ3) is 3.59. The highest BCUT2D eigenvalue weighted by molar-refractivity contribution is 9.10. The fourth-order valence-electron chi connectivity index (χ4n) is 2.88. The lowest BCUT2D eigenvalue weighted by Gasteiger charge is -2.11. The molecule has 0 saturated carbocycles. The summed E-state index contributed by atoms with van der Waals surface area (Å²) in [5, 5.41) is 5.21. The Balaban J connectivity index is 1.75. The van der Waals surface area contributed by atoms with E-state index in [1.807, 2.05) is 42.5 Å². The zero-order chi connectivity index (χ0) is 19.5. The number of halogens is 1. The first-order valence-corrected chi connectivity index (χ1v) is 9.42. The highest BCUT2D eigenvalue weighted by Gasteiger charge is 2.18. The summed E-state index contributed by atoms with van der Waals surface area (Å²) in [6.07, 6.45) is 0. The lowest BCUT2D eigenvalue weighted by Crippen LogP contribution is -2.25. The number of nitrogens with zero attached hydrogens (tertiary/aromatic N) is 2. The molecule has 1 heterocycles. The van der Waals surface area contributed by atoms with Crippen LogP contribution >= 0.6 is 15.9 Å². The molecular weight excluding hydrogens is 420 g/mol. The number of carbonyl (C=O) groups excluding carboxylic acids is 1. The van der Waals surface area contributed by atoms with Crippen LogP contribution in [0.2, 0.25) is 0 Å². The zero-order valence-corrected chi connectivity index (χ0v) is 16.3. The number of para-hydroxylation sites is 1. The van der Waals surface area contributed by atoms with Gasteiger partial charge in [-0.05, 0) is 35.9 Å². The van der Waals surface area contributed by atoms with Crippen LogP contribution in [-0.2, 0) is 11.3 Å². The summed E-state index contributed by atoms with van der Waals surface area (Å²) in [6, 6.07) is 23.4. The molecule has 0 aliphatic heterocycles. The van der Waals surface area contributed by atoms with Crippen LogP contribution in [0.3, 0.4) is 0 Å². The molecule has 0 bridgehead atoms. The van der Waals surface area contributed by atoms with Gasteiger partial charge in [-0.3, -0.25) is 4.79 Å². The van der Waals surface area contributed by atoms with Crippen molar-refractivity contribution in [3.8, 4) is 5.69 Å². The van der Waals surface area contributed by atoms with E-state index in [1.54, 1.807) is 36.4 Å². The van der Waals surface area contributed by atoms with Crippen LogP contribution in [0.4, 0.5) is 0 Å². The van der Waals surface area contributed by atoms with Crippen LogP contribution in [0.15, 0.2) is 88.1 Å². The van der Waals surface area contributed by atoms with Crippen molar-refractivity contribution >= 4 is 32.7 Å². The molecule has 0 N–H and O–H groups in total. The van der Waals surface area contributed by atoms with Crippen molar-refractivity contribution in [2.24, 2.45) is 0 Å². The number of esters is 1. The average Bonchev–Trinajstić information content (AvgIpc) is 2.74. The number of benzene rings is 3. The monoisotopic (exact) mass is 434 g/mol. The van der Waals surface area contributed by atoms with Crippen molar-refractivity contribution in [1.82, 2.24) is 9.78 Å². The second-order valence-corrected chi connectivity index (χ2v) is 7.06. The van der Waals surface area contributed by atoms with Gasteiger partial charge < -0.3 is 4.74 Å². The summed E-state index contributed by atoms with van der Waals surface area (Å²) >= 11 is 3.38. The molecule has 0 atom stereocenters. The van der Waals surface area contributed by atoms with E-state index < -0.39 is 5.97 Å². The third-order valence-electron chi connectivity index (χ3n) is 4.28. The van der Waals surface area contributed by atoms with Crippen LogP contribution < -0.4 is 5.56 Å². The van der Waals surface area contributed by atoms with Gasteiger partial charge in [-0.25, -0.2) is 4.79 Å². The summed E-state index contributed by atoms with van der Waals surface area (Å²) in [5.41, 5.74) is 1.26. The van der Waals surface area contributed by atoms with E-state index in [0.717, 1.165) is 10.0 Å². The molecule has 5 nitrogen and oxygen atoms in total. The molecule has 3 aromatic carbocycles. The van der Waals surface area contributed by atoms with E-state index in [1.165, 1.54) is 4.68 Å². The third-order valence-corrected chi connectivity index (χ3v) is 4.81. The van der Waals surface area contributed by atoms with Crippen molar-refractivity contribution in [2.45, 2.75) is 6.61 Å². The van der Waals surface area contributed by atoms with Crippen molar-refractivity contribution in [1.29, 1.82) is 0 Å². The van der Waals surface area contributed by atoms with E-state index in [4.69, 9.17) is 4.74 Å². The molecule has 0 radical (unpaired) electrons. The van der Waals surface area contributed by atoms with Gasteiger partial charge >= 0.3 is 5.97 Å². The summed E-state index contributed by atoms with van der Waals surface area (Å²) in [5.74, 6) is -0.580. The van der Waals surface area contributed by atoms with Crippen molar-refractivity contribution < 1.29 is 9.53 Å². The Morgan fingerprint density at radius 3 is 2.25 bits per heavy atom. The Kier molecular flexibility index (Phi) is 5.04. The smallest absolute Gasteiger partial charge is 0.359 e. The highest BCUT2D eigenvalue weighted by Crippen LogP contribution is 2.17. The van der Waals surface area contributed by atoms with E-state index in [-0.39, 0.29) is 17.9 Å². The summed E-state index contributed by atoms with van der Waals surface area (Å²) in [7, 11) is 0. The largest absolute Gasteiger partial charge is 0.456 e. The van der Waals surface area contributed by atoms with Crippen LogP contribution in [0.1, 0.15) is 16.1 Å². The number of hydrogen-bond donors (Lipinski definition) is 0. The molecule has 4 rings (SSSR count). The van der Waals surface area contributed by atoms with E-state index in [9.17, 15) is 9.59 Å². The minimum atomic E-state index is -0.580. The van der Waals surface area contributed by atoms with Gasteiger partial charge in [0.15, 0.2) is 5.69 Å². The fraction of sp³-hybridized carbons (Fsp3) is 0.0455. The molecule has 0 aliphatic rings. The quantitative estimate of drug-likeness (QED) is 0.443. The zero-order valence-electron chi connectivity index (χ0n) is 14.7. The van der Waals surface area contributed by atoms with E-state index in [2.05, 4.69) is 21.0 Å². The van der Waals surface area contributed by atoms with Crippen molar-refractivity contribution in [3.63, 3.8) is 0 Å². The second-order valence-electron chi connectivity index (χ2n) is 6.15. The number of hydrogen-bond acceptors (Lipinski definition) is 4. The topological polar surface area (TPSA) is 61.2 Å². The number of ether oxygens (including phenoxy) is 1. The number of fused-ring (bicyclic) bond motifs is 1. The number of aromatic nitrogens is 2. The van der Waals surface area contributed by atoms with Gasteiger partial charge in [-0.2, -0.15) is 9.78 Å². The molecule has 0 amide bonds. The maximum Gasteiger partial charge on any atom is 0.359 e. The highest BCUT2D eigenvalue weighted by atomic mass is 79.9. The minimum Gasteiger partial charge on any atom is -0.456 e. The van der Waals surface area contributed by atoms with Gasteiger partial charge in [0.1, 0.15) is 6.61 Å². The molecule has 28 heavy (non-hydrogen) atoms. The molecule has 0 fully saturated rings. The van der Waals surface area contributed by atoms with Gasteiger partial charge in [0.25, 0.3) is 5.56 Å². The SMILES string of the molecule is O=C(OCc1ccc(Br)cc1)c1nn(-c2ccccc2)c(=O)c2ccccc12. The van der Waals surface area contributed by atoms with Gasteiger partial charge in [0.2, 0.25) is 0 Å². The van der Waals surface area contributed by atoms with E-state index >= 15 is 0 Å². The lowest BCUT2D eigenvalue weighted by atomic mass is 10.1.